The molecular weight excluding hydrogens is 412 g/mol. The fourth-order valence-electron chi connectivity index (χ4n) is 3.11. The van der Waals surface area contributed by atoms with E-state index >= 15 is 0 Å². The molecule has 29 heavy (non-hydrogen) atoms. The molecule has 1 aliphatic heterocycles. The summed E-state index contributed by atoms with van der Waals surface area (Å²) in [5.74, 6) is -0.0447. The number of anilines is 1. The third-order valence-electron chi connectivity index (χ3n) is 4.82. The Morgan fingerprint density at radius 3 is 2.17 bits per heavy atom. The number of hydrogen-bond acceptors (Lipinski definition) is 5. The van der Waals surface area contributed by atoms with Crippen LogP contribution in [0.25, 0.3) is 0 Å². The van der Waals surface area contributed by atoms with Crippen molar-refractivity contribution in [1.29, 1.82) is 0 Å². The maximum Gasteiger partial charge on any atom is 0.261 e. The van der Waals surface area contributed by atoms with E-state index in [0.717, 1.165) is 5.56 Å². The lowest BCUT2D eigenvalue weighted by Gasteiger charge is -2.12. The molecule has 2 aromatic rings. The van der Waals surface area contributed by atoms with Crippen molar-refractivity contribution in [2.75, 3.05) is 16.2 Å². The summed E-state index contributed by atoms with van der Waals surface area (Å²) in [6.45, 7) is 4.07. The highest BCUT2D eigenvalue weighted by molar-refractivity contribution is 7.92. The summed E-state index contributed by atoms with van der Waals surface area (Å²) in [5, 5.41) is 2.70. The molecule has 0 saturated carbocycles. The van der Waals surface area contributed by atoms with Crippen LogP contribution in [0.5, 0.6) is 0 Å². The first-order valence-electron chi connectivity index (χ1n) is 9.30. The third-order valence-corrected chi connectivity index (χ3v) is 7.99. The van der Waals surface area contributed by atoms with E-state index < -0.39 is 19.9 Å². The monoisotopic (exact) mass is 436 g/mol. The largest absolute Gasteiger partial charge is 0.348 e. The van der Waals surface area contributed by atoms with E-state index in [1.807, 2.05) is 13.8 Å². The van der Waals surface area contributed by atoms with Crippen LogP contribution in [0.3, 0.4) is 0 Å². The maximum absolute atomic E-state index is 12.5. The fourth-order valence-corrected chi connectivity index (χ4v) is 5.85. The number of rotatable bonds is 6. The Hall–Kier alpha value is -2.39. The fraction of sp³-hybridized carbons (Fsp3) is 0.350. The molecule has 0 aliphatic carbocycles. The molecule has 1 aliphatic rings. The van der Waals surface area contributed by atoms with E-state index in [9.17, 15) is 21.6 Å². The standard InChI is InChI=1S/C20H24N2O5S2/c1-14(2)15-5-9-19(10-6-15)29(26,27)22-17-7-3-16(4-8-17)20(23)21-18-11-12-28(24,25)13-18/h3-10,14,18,22H,11-13H2,1-2H3,(H,21,23)/t18-/m0/s1. The summed E-state index contributed by atoms with van der Waals surface area (Å²) >= 11 is 0. The van der Waals surface area contributed by atoms with Crippen molar-refractivity contribution in [2.24, 2.45) is 0 Å². The second-order valence-electron chi connectivity index (χ2n) is 7.48. The van der Waals surface area contributed by atoms with Crippen LogP contribution in [0.2, 0.25) is 0 Å². The normalized spacial score (nSPS) is 18.5. The van der Waals surface area contributed by atoms with Gasteiger partial charge < -0.3 is 5.32 Å². The predicted octanol–water partition coefficient (Wildman–Crippen LogP) is 2.53. The van der Waals surface area contributed by atoms with Gasteiger partial charge in [0.25, 0.3) is 15.9 Å². The van der Waals surface area contributed by atoms with Gasteiger partial charge in [0.1, 0.15) is 0 Å². The van der Waals surface area contributed by atoms with E-state index in [4.69, 9.17) is 0 Å². The second kappa shape index (κ2) is 8.16. The summed E-state index contributed by atoms with van der Waals surface area (Å²) in [6.07, 6.45) is 0.404. The first-order valence-corrected chi connectivity index (χ1v) is 12.6. The maximum atomic E-state index is 12.5. The van der Waals surface area contributed by atoms with E-state index in [2.05, 4.69) is 10.0 Å². The van der Waals surface area contributed by atoms with Crippen molar-refractivity contribution in [3.8, 4) is 0 Å². The molecular formula is C20H24N2O5S2. The lowest BCUT2D eigenvalue weighted by atomic mass is 10.0. The molecule has 1 fully saturated rings. The van der Waals surface area contributed by atoms with Crippen LogP contribution in [0.15, 0.2) is 53.4 Å². The molecule has 2 aromatic carbocycles. The Morgan fingerprint density at radius 1 is 1.03 bits per heavy atom. The van der Waals surface area contributed by atoms with E-state index in [1.165, 1.54) is 24.3 Å². The van der Waals surface area contributed by atoms with Gasteiger partial charge in [0.2, 0.25) is 0 Å². The van der Waals surface area contributed by atoms with Gasteiger partial charge in [0, 0.05) is 17.3 Å². The number of amides is 1. The minimum Gasteiger partial charge on any atom is -0.348 e. The zero-order chi connectivity index (χ0) is 21.2. The summed E-state index contributed by atoms with van der Waals surface area (Å²) in [7, 11) is -6.81. The SMILES string of the molecule is CC(C)c1ccc(S(=O)(=O)Nc2ccc(C(=O)N[C@H]3CCS(=O)(=O)C3)cc2)cc1. The van der Waals surface area contributed by atoms with Crippen LogP contribution in [0.4, 0.5) is 5.69 Å². The average Bonchev–Trinajstić information content (AvgIpc) is 3.00. The highest BCUT2D eigenvalue weighted by Crippen LogP contribution is 2.20. The van der Waals surface area contributed by atoms with Crippen LogP contribution in [0, 0.1) is 0 Å². The first-order chi connectivity index (χ1) is 13.6. The molecule has 1 heterocycles. The molecule has 7 nitrogen and oxygen atoms in total. The van der Waals surface area contributed by atoms with Crippen LogP contribution in [0.1, 0.15) is 42.1 Å². The van der Waals surface area contributed by atoms with Crippen molar-refractivity contribution in [1.82, 2.24) is 5.32 Å². The number of carbonyl (C=O) groups excluding carboxylic acids is 1. The van der Waals surface area contributed by atoms with Crippen molar-refractivity contribution in [3.63, 3.8) is 0 Å². The Balaban J connectivity index is 1.66. The van der Waals surface area contributed by atoms with Gasteiger partial charge >= 0.3 is 0 Å². The molecule has 0 spiro atoms. The minimum absolute atomic E-state index is 0.0494. The zero-order valence-corrected chi connectivity index (χ0v) is 17.9. The van der Waals surface area contributed by atoms with Gasteiger partial charge in [-0.05, 0) is 54.3 Å². The lowest BCUT2D eigenvalue weighted by Crippen LogP contribution is -2.35. The van der Waals surface area contributed by atoms with Crippen molar-refractivity contribution >= 4 is 31.5 Å². The highest BCUT2D eigenvalue weighted by Gasteiger charge is 2.29. The quantitative estimate of drug-likeness (QED) is 0.723. The Labute approximate surface area is 171 Å². The predicted molar refractivity (Wildman–Crippen MR) is 112 cm³/mol. The molecule has 2 N–H and O–H groups in total. The summed E-state index contributed by atoms with van der Waals surface area (Å²) in [6, 6.07) is 12.3. The Kier molecular flexibility index (Phi) is 6.00. The van der Waals surface area contributed by atoms with E-state index in [0.29, 0.717) is 23.6 Å². The van der Waals surface area contributed by atoms with Gasteiger partial charge in [0.05, 0.1) is 16.4 Å². The first kappa shape index (κ1) is 21.3. The Bertz CT molecular complexity index is 1090. The number of carbonyl (C=O) groups is 1. The molecule has 3 rings (SSSR count). The van der Waals surface area contributed by atoms with Crippen molar-refractivity contribution < 1.29 is 21.6 Å². The topological polar surface area (TPSA) is 109 Å². The summed E-state index contributed by atoms with van der Waals surface area (Å²) in [5.41, 5.74) is 1.71. The molecule has 0 aromatic heterocycles. The van der Waals surface area contributed by atoms with Crippen LogP contribution in [-0.4, -0.2) is 40.3 Å². The minimum atomic E-state index is -3.74. The lowest BCUT2D eigenvalue weighted by molar-refractivity contribution is 0.0941. The number of nitrogens with one attached hydrogen (secondary N) is 2. The van der Waals surface area contributed by atoms with Gasteiger partial charge in [-0.15, -0.1) is 0 Å². The number of benzene rings is 2. The third kappa shape index (κ3) is 5.36. The number of sulfonamides is 1. The van der Waals surface area contributed by atoms with Gasteiger partial charge in [-0.2, -0.15) is 0 Å². The van der Waals surface area contributed by atoms with E-state index in [-0.39, 0.29) is 28.4 Å². The van der Waals surface area contributed by atoms with Gasteiger partial charge in [-0.3, -0.25) is 9.52 Å². The number of hydrogen-bond donors (Lipinski definition) is 2. The zero-order valence-electron chi connectivity index (χ0n) is 16.3. The van der Waals surface area contributed by atoms with E-state index in [1.54, 1.807) is 24.3 Å². The second-order valence-corrected chi connectivity index (χ2v) is 11.4. The molecule has 156 valence electrons. The summed E-state index contributed by atoms with van der Waals surface area (Å²) < 4.78 is 50.6. The van der Waals surface area contributed by atoms with Gasteiger partial charge in [-0.1, -0.05) is 26.0 Å². The van der Waals surface area contributed by atoms with Gasteiger partial charge in [-0.25, -0.2) is 16.8 Å². The average molecular weight is 437 g/mol. The molecule has 9 heteroatoms. The molecule has 1 amide bonds. The van der Waals surface area contributed by atoms with Crippen LogP contribution < -0.4 is 10.0 Å². The van der Waals surface area contributed by atoms with Crippen LogP contribution >= 0.6 is 0 Å². The van der Waals surface area contributed by atoms with Crippen molar-refractivity contribution in [2.45, 2.75) is 37.1 Å². The van der Waals surface area contributed by atoms with Gasteiger partial charge in [0.15, 0.2) is 9.84 Å². The molecule has 1 atom stereocenters. The summed E-state index contributed by atoms with van der Waals surface area (Å²) in [4.78, 5) is 12.4. The molecule has 0 bridgehead atoms. The molecule has 0 unspecified atom stereocenters. The molecule has 1 saturated heterocycles. The van der Waals surface area contributed by atoms with Crippen molar-refractivity contribution in [3.05, 3.63) is 59.7 Å². The number of sulfone groups is 1. The van der Waals surface area contributed by atoms with Crippen LogP contribution in [-0.2, 0) is 19.9 Å². The molecule has 0 radical (unpaired) electrons. The highest BCUT2D eigenvalue weighted by atomic mass is 32.2. The smallest absolute Gasteiger partial charge is 0.261 e. The Morgan fingerprint density at radius 2 is 1.66 bits per heavy atom.